The van der Waals surface area contributed by atoms with Crippen molar-refractivity contribution in [2.45, 2.75) is 19.3 Å². The van der Waals surface area contributed by atoms with Crippen LogP contribution in [-0.2, 0) is 7.05 Å². The molecule has 1 saturated heterocycles. The van der Waals surface area contributed by atoms with Crippen LogP contribution >= 0.6 is 0 Å². The average molecular weight is 236 g/mol. The molecule has 0 spiro atoms. The number of imidazole rings is 1. The molecular formula is C12H20N4O. The molecule has 17 heavy (non-hydrogen) atoms. The van der Waals surface area contributed by atoms with Crippen LogP contribution in [0.15, 0.2) is 12.5 Å². The molecule has 0 saturated carbocycles. The zero-order valence-corrected chi connectivity index (χ0v) is 10.3. The molecule has 0 bridgehead atoms. The van der Waals surface area contributed by atoms with Crippen LogP contribution in [0.1, 0.15) is 29.8 Å². The van der Waals surface area contributed by atoms with E-state index in [1.54, 1.807) is 17.1 Å². The molecule has 1 aliphatic heterocycles. The summed E-state index contributed by atoms with van der Waals surface area (Å²) in [5.74, 6) is 0.724. The zero-order chi connectivity index (χ0) is 12.1. The monoisotopic (exact) mass is 236 g/mol. The van der Waals surface area contributed by atoms with E-state index >= 15 is 0 Å². The number of piperidine rings is 1. The second kappa shape index (κ2) is 5.82. The van der Waals surface area contributed by atoms with E-state index < -0.39 is 0 Å². The van der Waals surface area contributed by atoms with Crippen LogP contribution in [-0.4, -0.2) is 35.1 Å². The summed E-state index contributed by atoms with van der Waals surface area (Å²) in [5, 5.41) is 6.30. The standard InChI is InChI=1S/C12H20N4O/c1-16-9-14-8-11(16)12(17)15-7-4-10-2-5-13-6-3-10/h8-10,13H,2-7H2,1H3,(H,15,17). The van der Waals surface area contributed by atoms with Crippen LogP contribution in [0.2, 0.25) is 0 Å². The normalized spacial score (nSPS) is 17.0. The number of aryl methyl sites for hydroxylation is 1. The predicted molar refractivity (Wildman–Crippen MR) is 65.8 cm³/mol. The zero-order valence-electron chi connectivity index (χ0n) is 10.3. The first-order valence-electron chi connectivity index (χ1n) is 6.22. The number of aromatic nitrogens is 2. The lowest BCUT2D eigenvalue weighted by Crippen LogP contribution is -2.31. The van der Waals surface area contributed by atoms with Gasteiger partial charge in [-0.3, -0.25) is 4.79 Å². The van der Waals surface area contributed by atoms with E-state index in [1.807, 2.05) is 7.05 Å². The van der Waals surface area contributed by atoms with Gasteiger partial charge in [-0.1, -0.05) is 0 Å². The lowest BCUT2D eigenvalue weighted by molar-refractivity contribution is 0.0942. The first kappa shape index (κ1) is 12.1. The molecule has 2 rings (SSSR count). The van der Waals surface area contributed by atoms with E-state index in [0.29, 0.717) is 5.69 Å². The van der Waals surface area contributed by atoms with Crippen molar-refractivity contribution in [3.63, 3.8) is 0 Å². The van der Waals surface area contributed by atoms with Crippen molar-refractivity contribution in [2.75, 3.05) is 19.6 Å². The summed E-state index contributed by atoms with van der Waals surface area (Å²) in [6, 6.07) is 0. The highest BCUT2D eigenvalue weighted by molar-refractivity contribution is 5.92. The Kier molecular flexibility index (Phi) is 4.14. The predicted octanol–water partition coefficient (Wildman–Crippen LogP) is 0.540. The van der Waals surface area contributed by atoms with Gasteiger partial charge in [-0.15, -0.1) is 0 Å². The molecule has 0 atom stereocenters. The summed E-state index contributed by atoms with van der Waals surface area (Å²) < 4.78 is 1.74. The molecule has 1 amide bonds. The maximum atomic E-state index is 11.8. The van der Waals surface area contributed by atoms with Crippen molar-refractivity contribution in [1.82, 2.24) is 20.2 Å². The van der Waals surface area contributed by atoms with E-state index in [9.17, 15) is 4.79 Å². The highest BCUT2D eigenvalue weighted by atomic mass is 16.1. The third kappa shape index (κ3) is 3.30. The Bertz CT molecular complexity index is 368. The number of nitrogens with zero attached hydrogens (tertiary/aromatic N) is 2. The molecule has 5 heteroatoms. The minimum Gasteiger partial charge on any atom is -0.351 e. The number of hydrogen-bond acceptors (Lipinski definition) is 3. The lowest BCUT2D eigenvalue weighted by atomic mass is 9.95. The largest absolute Gasteiger partial charge is 0.351 e. The second-order valence-electron chi connectivity index (χ2n) is 4.63. The van der Waals surface area contributed by atoms with Crippen LogP contribution in [0.25, 0.3) is 0 Å². The Morgan fingerprint density at radius 3 is 3.00 bits per heavy atom. The number of carbonyl (C=O) groups is 1. The van der Waals surface area contributed by atoms with Gasteiger partial charge in [-0.2, -0.15) is 0 Å². The topological polar surface area (TPSA) is 59.0 Å². The van der Waals surface area contributed by atoms with Crippen molar-refractivity contribution in [1.29, 1.82) is 0 Å². The van der Waals surface area contributed by atoms with E-state index in [0.717, 1.165) is 32.0 Å². The fourth-order valence-corrected chi connectivity index (χ4v) is 2.23. The highest BCUT2D eigenvalue weighted by Crippen LogP contribution is 2.14. The van der Waals surface area contributed by atoms with Gasteiger partial charge in [0.2, 0.25) is 0 Å². The Balaban J connectivity index is 1.71. The number of rotatable bonds is 4. The maximum Gasteiger partial charge on any atom is 0.269 e. The average Bonchev–Trinajstić information content (AvgIpc) is 2.77. The summed E-state index contributed by atoms with van der Waals surface area (Å²) in [6.07, 6.45) is 6.76. The van der Waals surface area contributed by atoms with Crippen molar-refractivity contribution in [2.24, 2.45) is 13.0 Å². The van der Waals surface area contributed by atoms with Crippen LogP contribution in [0.4, 0.5) is 0 Å². The van der Waals surface area contributed by atoms with Crippen LogP contribution in [0.3, 0.4) is 0 Å². The molecule has 5 nitrogen and oxygen atoms in total. The summed E-state index contributed by atoms with van der Waals surface area (Å²) >= 11 is 0. The molecule has 0 aliphatic carbocycles. The number of nitrogens with one attached hydrogen (secondary N) is 2. The molecule has 1 aromatic rings. The molecule has 2 N–H and O–H groups in total. The van der Waals surface area contributed by atoms with Gasteiger partial charge in [-0.05, 0) is 38.3 Å². The van der Waals surface area contributed by atoms with Gasteiger partial charge in [0.05, 0.1) is 12.5 Å². The SMILES string of the molecule is Cn1cncc1C(=O)NCCC1CCNCC1. The minimum atomic E-state index is -0.0288. The lowest BCUT2D eigenvalue weighted by Gasteiger charge is -2.22. The third-order valence-corrected chi connectivity index (χ3v) is 3.35. The van der Waals surface area contributed by atoms with Crippen LogP contribution in [0, 0.1) is 5.92 Å². The molecule has 1 fully saturated rings. The van der Waals surface area contributed by atoms with Gasteiger partial charge in [-0.25, -0.2) is 4.98 Å². The number of hydrogen-bond donors (Lipinski definition) is 2. The van der Waals surface area contributed by atoms with Crippen molar-refractivity contribution in [3.05, 3.63) is 18.2 Å². The van der Waals surface area contributed by atoms with Gasteiger partial charge in [0.1, 0.15) is 5.69 Å². The fourth-order valence-electron chi connectivity index (χ4n) is 2.23. The first-order valence-corrected chi connectivity index (χ1v) is 6.22. The second-order valence-corrected chi connectivity index (χ2v) is 4.63. The quantitative estimate of drug-likeness (QED) is 0.802. The van der Waals surface area contributed by atoms with Crippen molar-refractivity contribution in [3.8, 4) is 0 Å². The molecular weight excluding hydrogens is 216 g/mol. The molecule has 0 unspecified atom stereocenters. The number of amides is 1. The van der Waals surface area contributed by atoms with Gasteiger partial charge in [0, 0.05) is 13.6 Å². The molecule has 1 aliphatic rings. The summed E-state index contributed by atoms with van der Waals surface area (Å²) in [6.45, 7) is 2.98. The summed E-state index contributed by atoms with van der Waals surface area (Å²) in [7, 11) is 1.83. The van der Waals surface area contributed by atoms with E-state index in [4.69, 9.17) is 0 Å². The van der Waals surface area contributed by atoms with Gasteiger partial charge < -0.3 is 15.2 Å². The Morgan fingerprint density at radius 2 is 2.35 bits per heavy atom. The summed E-state index contributed by atoms with van der Waals surface area (Å²) in [5.41, 5.74) is 0.621. The van der Waals surface area contributed by atoms with Crippen molar-refractivity contribution >= 4 is 5.91 Å². The molecule has 1 aromatic heterocycles. The van der Waals surface area contributed by atoms with Crippen LogP contribution < -0.4 is 10.6 Å². The summed E-state index contributed by atoms with van der Waals surface area (Å²) in [4.78, 5) is 15.7. The third-order valence-electron chi connectivity index (χ3n) is 3.35. The van der Waals surface area contributed by atoms with Gasteiger partial charge >= 0.3 is 0 Å². The Labute approximate surface area is 102 Å². The van der Waals surface area contributed by atoms with E-state index in [-0.39, 0.29) is 5.91 Å². The minimum absolute atomic E-state index is 0.0288. The molecule has 0 aromatic carbocycles. The Hall–Kier alpha value is -1.36. The maximum absolute atomic E-state index is 11.8. The molecule has 94 valence electrons. The van der Waals surface area contributed by atoms with E-state index in [1.165, 1.54) is 12.8 Å². The Morgan fingerprint density at radius 1 is 1.59 bits per heavy atom. The first-order chi connectivity index (χ1) is 8.27. The fraction of sp³-hybridized carbons (Fsp3) is 0.667. The van der Waals surface area contributed by atoms with Gasteiger partial charge in [0.15, 0.2) is 0 Å². The van der Waals surface area contributed by atoms with Gasteiger partial charge in [0.25, 0.3) is 5.91 Å². The van der Waals surface area contributed by atoms with Crippen molar-refractivity contribution < 1.29 is 4.79 Å². The van der Waals surface area contributed by atoms with Crippen LogP contribution in [0.5, 0.6) is 0 Å². The van der Waals surface area contributed by atoms with E-state index in [2.05, 4.69) is 15.6 Å². The number of carbonyl (C=O) groups excluding carboxylic acids is 1. The molecule has 0 radical (unpaired) electrons. The smallest absolute Gasteiger partial charge is 0.269 e. The molecule has 2 heterocycles. The highest BCUT2D eigenvalue weighted by Gasteiger charge is 2.14.